The molecule has 0 bridgehead atoms. The molecule has 0 saturated carbocycles. The SMILES string of the molecule is COC(=O)c1cc(NC(=O)c2csc(I)c2)ccc1F. The Hall–Kier alpha value is -1.48. The Morgan fingerprint density at radius 1 is 1.35 bits per heavy atom. The first-order chi connectivity index (χ1) is 9.51. The van der Waals surface area contributed by atoms with Crippen molar-refractivity contribution in [2.24, 2.45) is 0 Å². The molecule has 0 aliphatic rings. The van der Waals surface area contributed by atoms with E-state index in [0.29, 0.717) is 11.3 Å². The summed E-state index contributed by atoms with van der Waals surface area (Å²) in [6.07, 6.45) is 0. The minimum atomic E-state index is -0.788. The second-order valence-electron chi connectivity index (χ2n) is 3.78. The van der Waals surface area contributed by atoms with E-state index in [1.165, 1.54) is 30.6 Å². The average Bonchev–Trinajstić information content (AvgIpc) is 2.87. The maximum Gasteiger partial charge on any atom is 0.340 e. The van der Waals surface area contributed by atoms with E-state index < -0.39 is 11.8 Å². The Bertz CT molecular complexity index is 671. The van der Waals surface area contributed by atoms with Gasteiger partial charge in [-0.25, -0.2) is 9.18 Å². The van der Waals surface area contributed by atoms with Gasteiger partial charge in [-0.05, 0) is 46.9 Å². The van der Waals surface area contributed by atoms with Gasteiger partial charge in [-0.3, -0.25) is 4.79 Å². The van der Waals surface area contributed by atoms with Crippen molar-refractivity contribution in [1.82, 2.24) is 0 Å². The number of anilines is 1. The largest absolute Gasteiger partial charge is 0.465 e. The number of esters is 1. The third kappa shape index (κ3) is 3.34. The number of thiophene rings is 1. The number of ether oxygens (including phenoxy) is 1. The fourth-order valence-corrected chi connectivity index (χ4v) is 2.83. The van der Waals surface area contributed by atoms with E-state index in [1.807, 2.05) is 0 Å². The molecule has 0 fully saturated rings. The highest BCUT2D eigenvalue weighted by atomic mass is 127. The third-order valence-electron chi connectivity index (χ3n) is 2.46. The number of methoxy groups -OCH3 is 1. The Kier molecular flexibility index (Phi) is 4.71. The molecule has 0 unspecified atom stereocenters. The van der Waals surface area contributed by atoms with Gasteiger partial charge in [0.05, 0.1) is 21.1 Å². The van der Waals surface area contributed by atoms with Gasteiger partial charge in [0.15, 0.2) is 0 Å². The lowest BCUT2D eigenvalue weighted by molar-refractivity contribution is 0.0595. The lowest BCUT2D eigenvalue weighted by Crippen LogP contribution is -2.12. The van der Waals surface area contributed by atoms with Gasteiger partial charge in [-0.1, -0.05) is 0 Å². The summed E-state index contributed by atoms with van der Waals surface area (Å²) in [6.45, 7) is 0. The molecule has 0 aliphatic heterocycles. The fraction of sp³-hybridized carbons (Fsp3) is 0.0769. The summed E-state index contributed by atoms with van der Waals surface area (Å²) in [5, 5.41) is 4.33. The van der Waals surface area contributed by atoms with Crippen molar-refractivity contribution in [2.45, 2.75) is 0 Å². The van der Waals surface area contributed by atoms with Gasteiger partial charge in [0.25, 0.3) is 5.91 Å². The normalized spacial score (nSPS) is 10.2. The first-order valence-electron chi connectivity index (χ1n) is 5.44. The van der Waals surface area contributed by atoms with Crippen molar-refractivity contribution < 1.29 is 18.7 Å². The lowest BCUT2D eigenvalue weighted by Gasteiger charge is -2.06. The van der Waals surface area contributed by atoms with Crippen LogP contribution in [-0.4, -0.2) is 19.0 Å². The standard InChI is InChI=1S/C13H9FINO3S/c1-19-13(18)9-5-8(2-3-10(9)14)16-12(17)7-4-11(15)20-6-7/h2-6H,1H3,(H,16,17). The van der Waals surface area contributed by atoms with Crippen molar-refractivity contribution in [2.75, 3.05) is 12.4 Å². The predicted molar refractivity (Wildman–Crippen MR) is 82.7 cm³/mol. The molecule has 2 aromatic rings. The molecule has 1 amide bonds. The molecule has 1 aromatic heterocycles. The Morgan fingerprint density at radius 3 is 2.70 bits per heavy atom. The molecule has 0 spiro atoms. The van der Waals surface area contributed by atoms with E-state index in [9.17, 15) is 14.0 Å². The molecular formula is C13H9FINO3S. The zero-order valence-electron chi connectivity index (χ0n) is 10.3. The summed E-state index contributed by atoms with van der Waals surface area (Å²) in [4.78, 5) is 23.3. The lowest BCUT2D eigenvalue weighted by atomic mass is 10.2. The van der Waals surface area contributed by atoms with Gasteiger partial charge in [0.1, 0.15) is 5.82 Å². The molecular weight excluding hydrogens is 396 g/mol. The van der Waals surface area contributed by atoms with E-state index in [2.05, 4.69) is 32.6 Å². The van der Waals surface area contributed by atoms with E-state index in [-0.39, 0.29) is 11.5 Å². The molecule has 0 radical (unpaired) electrons. The van der Waals surface area contributed by atoms with Gasteiger partial charge < -0.3 is 10.1 Å². The molecule has 20 heavy (non-hydrogen) atoms. The van der Waals surface area contributed by atoms with Crippen LogP contribution >= 0.6 is 33.9 Å². The van der Waals surface area contributed by atoms with Crippen LogP contribution in [0.2, 0.25) is 0 Å². The number of carbonyl (C=O) groups is 2. The van der Waals surface area contributed by atoms with Crippen LogP contribution in [0.1, 0.15) is 20.7 Å². The minimum absolute atomic E-state index is 0.217. The average molecular weight is 405 g/mol. The third-order valence-corrected chi connectivity index (χ3v) is 4.25. The number of hydrogen-bond acceptors (Lipinski definition) is 4. The number of rotatable bonds is 3. The van der Waals surface area contributed by atoms with Crippen molar-refractivity contribution in [1.29, 1.82) is 0 Å². The van der Waals surface area contributed by atoms with E-state index in [4.69, 9.17) is 0 Å². The van der Waals surface area contributed by atoms with Crippen LogP contribution in [0, 0.1) is 8.70 Å². The van der Waals surface area contributed by atoms with Crippen LogP contribution in [0.25, 0.3) is 0 Å². The first-order valence-corrected chi connectivity index (χ1v) is 7.40. The molecule has 1 N–H and O–H groups in total. The van der Waals surface area contributed by atoms with Crippen LogP contribution < -0.4 is 5.32 Å². The van der Waals surface area contributed by atoms with Gasteiger partial charge in [0, 0.05) is 11.1 Å². The molecule has 2 rings (SSSR count). The molecule has 7 heteroatoms. The van der Waals surface area contributed by atoms with Crippen molar-refractivity contribution in [3.05, 3.63) is 49.5 Å². The predicted octanol–water partition coefficient (Wildman–Crippen LogP) is 3.53. The summed E-state index contributed by atoms with van der Waals surface area (Å²) in [5.74, 6) is -1.80. The van der Waals surface area contributed by atoms with E-state index in [1.54, 1.807) is 11.4 Å². The number of carbonyl (C=O) groups excluding carboxylic acids is 2. The highest BCUT2D eigenvalue weighted by Gasteiger charge is 2.14. The monoisotopic (exact) mass is 405 g/mol. The second kappa shape index (κ2) is 6.31. The quantitative estimate of drug-likeness (QED) is 0.628. The highest BCUT2D eigenvalue weighted by molar-refractivity contribution is 14.1. The van der Waals surface area contributed by atoms with Gasteiger partial charge >= 0.3 is 5.97 Å². The number of nitrogens with one attached hydrogen (secondary N) is 1. The smallest absolute Gasteiger partial charge is 0.340 e. The number of benzene rings is 1. The van der Waals surface area contributed by atoms with Crippen LogP contribution in [0.5, 0.6) is 0 Å². The summed E-state index contributed by atoms with van der Waals surface area (Å²) >= 11 is 3.57. The first kappa shape index (κ1) is 14.9. The van der Waals surface area contributed by atoms with Crippen LogP contribution in [0.4, 0.5) is 10.1 Å². The molecule has 1 aromatic carbocycles. The topological polar surface area (TPSA) is 55.4 Å². The molecule has 1 heterocycles. The number of halogens is 2. The van der Waals surface area contributed by atoms with Crippen molar-refractivity contribution in [3.63, 3.8) is 0 Å². The van der Waals surface area contributed by atoms with Crippen LogP contribution in [-0.2, 0) is 4.74 Å². The summed E-state index contributed by atoms with van der Waals surface area (Å²) < 4.78 is 18.9. The zero-order chi connectivity index (χ0) is 14.7. The Labute approximate surface area is 132 Å². The molecule has 0 atom stereocenters. The van der Waals surface area contributed by atoms with Crippen LogP contribution in [0.15, 0.2) is 29.6 Å². The van der Waals surface area contributed by atoms with Crippen LogP contribution in [0.3, 0.4) is 0 Å². The molecule has 4 nitrogen and oxygen atoms in total. The van der Waals surface area contributed by atoms with E-state index in [0.717, 1.165) is 8.95 Å². The van der Waals surface area contributed by atoms with Gasteiger partial charge in [0.2, 0.25) is 0 Å². The summed E-state index contributed by atoms with van der Waals surface area (Å²) in [6, 6.07) is 5.48. The Balaban J connectivity index is 2.22. The maximum atomic E-state index is 13.5. The summed E-state index contributed by atoms with van der Waals surface area (Å²) in [5.41, 5.74) is 0.631. The minimum Gasteiger partial charge on any atom is -0.465 e. The van der Waals surface area contributed by atoms with Crippen molar-refractivity contribution >= 4 is 51.5 Å². The Morgan fingerprint density at radius 2 is 2.10 bits per heavy atom. The number of amides is 1. The second-order valence-corrected chi connectivity index (χ2v) is 6.59. The van der Waals surface area contributed by atoms with Gasteiger partial charge in [-0.2, -0.15) is 0 Å². The number of hydrogen-bond donors (Lipinski definition) is 1. The van der Waals surface area contributed by atoms with Gasteiger partial charge in [-0.15, -0.1) is 11.3 Å². The maximum absolute atomic E-state index is 13.5. The molecule has 104 valence electrons. The van der Waals surface area contributed by atoms with Crippen molar-refractivity contribution in [3.8, 4) is 0 Å². The summed E-state index contributed by atoms with van der Waals surface area (Å²) in [7, 11) is 1.17. The van der Waals surface area contributed by atoms with E-state index >= 15 is 0 Å². The highest BCUT2D eigenvalue weighted by Crippen LogP contribution is 2.20. The molecule has 0 saturated heterocycles. The fourth-order valence-electron chi connectivity index (χ4n) is 1.50. The zero-order valence-corrected chi connectivity index (χ0v) is 13.2. The molecule has 0 aliphatic carbocycles.